The summed E-state index contributed by atoms with van der Waals surface area (Å²) in [6, 6.07) is 2.67. The number of amides is 2. The molecule has 1 rings (SSSR count). The van der Waals surface area contributed by atoms with E-state index in [2.05, 4.69) is 10.6 Å². The quantitative estimate of drug-likeness (QED) is 0.433. The molecule has 1 aromatic carbocycles. The maximum Gasteiger partial charge on any atom is 0.407 e. The first-order valence-electron chi connectivity index (χ1n) is 7.83. The number of halogens is 2. The fourth-order valence-corrected chi connectivity index (χ4v) is 1.94. The highest BCUT2D eigenvalue weighted by Crippen LogP contribution is 2.27. The highest BCUT2D eigenvalue weighted by Gasteiger charge is 2.22. The molecule has 8 nitrogen and oxygen atoms in total. The highest BCUT2D eigenvalue weighted by atomic mass is 19.3. The van der Waals surface area contributed by atoms with Crippen LogP contribution in [0.4, 0.5) is 19.3 Å². The van der Waals surface area contributed by atoms with Crippen molar-refractivity contribution in [3.63, 3.8) is 0 Å². The van der Waals surface area contributed by atoms with Crippen LogP contribution in [0.5, 0.6) is 0 Å². The van der Waals surface area contributed by atoms with Crippen LogP contribution in [0.1, 0.15) is 49.5 Å². The predicted octanol–water partition coefficient (Wildman–Crippen LogP) is 3.18. The maximum absolute atomic E-state index is 13.0. The minimum atomic E-state index is -3.02. The zero-order valence-corrected chi connectivity index (χ0v) is 14.7. The van der Waals surface area contributed by atoms with Crippen molar-refractivity contribution in [3.8, 4) is 0 Å². The van der Waals surface area contributed by atoms with Gasteiger partial charge in [0.2, 0.25) is 0 Å². The molecule has 0 fully saturated rings. The number of alkyl carbamates (subject to hydrolysis) is 1. The van der Waals surface area contributed by atoms with E-state index in [-0.39, 0.29) is 18.7 Å². The van der Waals surface area contributed by atoms with E-state index in [0.29, 0.717) is 12.5 Å². The van der Waals surface area contributed by atoms with E-state index in [1.165, 1.54) is 0 Å². The van der Waals surface area contributed by atoms with Gasteiger partial charge in [0.05, 0.1) is 4.92 Å². The fraction of sp³-hybridized carbons (Fsp3) is 0.500. The van der Waals surface area contributed by atoms with Gasteiger partial charge in [-0.1, -0.05) is 0 Å². The number of nitro benzene ring substituents is 1. The van der Waals surface area contributed by atoms with E-state index < -0.39 is 40.2 Å². The van der Waals surface area contributed by atoms with E-state index in [1.807, 2.05) is 0 Å². The smallest absolute Gasteiger partial charge is 0.407 e. The number of alkyl halides is 2. The summed E-state index contributed by atoms with van der Waals surface area (Å²) in [4.78, 5) is 33.3. The number of non-ortho nitro benzene ring substituents is 1. The van der Waals surface area contributed by atoms with Crippen molar-refractivity contribution in [2.45, 2.75) is 39.2 Å². The molecule has 0 heterocycles. The summed E-state index contributed by atoms with van der Waals surface area (Å²) >= 11 is 0. The lowest BCUT2D eigenvalue weighted by atomic mass is 10.1. The lowest BCUT2D eigenvalue weighted by molar-refractivity contribution is -0.385. The topological polar surface area (TPSA) is 111 Å². The van der Waals surface area contributed by atoms with Gasteiger partial charge < -0.3 is 15.4 Å². The minimum absolute atomic E-state index is 0.119. The molecule has 1 aromatic rings. The Morgan fingerprint density at radius 1 is 1.23 bits per heavy atom. The van der Waals surface area contributed by atoms with Crippen LogP contribution < -0.4 is 10.6 Å². The lowest BCUT2D eigenvalue weighted by Gasteiger charge is -2.19. The summed E-state index contributed by atoms with van der Waals surface area (Å²) in [6.07, 6.45) is -3.27. The van der Waals surface area contributed by atoms with E-state index in [9.17, 15) is 28.5 Å². The first-order chi connectivity index (χ1) is 12.0. The van der Waals surface area contributed by atoms with Crippen molar-refractivity contribution in [1.29, 1.82) is 0 Å². The van der Waals surface area contributed by atoms with Crippen LogP contribution in [0.25, 0.3) is 0 Å². The molecule has 0 aliphatic rings. The van der Waals surface area contributed by atoms with Crippen molar-refractivity contribution in [2.24, 2.45) is 0 Å². The van der Waals surface area contributed by atoms with Crippen LogP contribution in [-0.4, -0.2) is 35.6 Å². The van der Waals surface area contributed by atoms with Gasteiger partial charge in [0.25, 0.3) is 18.0 Å². The molecule has 2 N–H and O–H groups in total. The van der Waals surface area contributed by atoms with Crippen molar-refractivity contribution >= 4 is 17.7 Å². The molecule has 0 saturated heterocycles. The number of nitro groups is 1. The Balaban J connectivity index is 2.53. The molecule has 0 spiro atoms. The van der Waals surface area contributed by atoms with Crippen LogP contribution in [-0.2, 0) is 4.74 Å². The number of hydrogen-bond acceptors (Lipinski definition) is 5. The third kappa shape index (κ3) is 6.99. The van der Waals surface area contributed by atoms with Gasteiger partial charge in [0, 0.05) is 36.3 Å². The number of carbonyl (C=O) groups is 2. The second kappa shape index (κ2) is 9.07. The largest absolute Gasteiger partial charge is 0.444 e. The van der Waals surface area contributed by atoms with Crippen LogP contribution in [0, 0.1) is 10.1 Å². The summed E-state index contributed by atoms with van der Waals surface area (Å²) in [7, 11) is 0. The van der Waals surface area contributed by atoms with Crippen molar-refractivity contribution in [2.75, 3.05) is 13.1 Å². The Hall–Kier alpha value is -2.78. The van der Waals surface area contributed by atoms with Gasteiger partial charge in [-0.2, -0.15) is 0 Å². The molecule has 2 amide bonds. The number of hydrogen-bond donors (Lipinski definition) is 2. The first kappa shape index (κ1) is 21.3. The maximum atomic E-state index is 13.0. The number of nitrogens with zero attached hydrogens (tertiary/aromatic N) is 1. The Morgan fingerprint density at radius 3 is 2.38 bits per heavy atom. The second-order valence-corrected chi connectivity index (χ2v) is 6.37. The predicted molar refractivity (Wildman–Crippen MR) is 89.2 cm³/mol. The van der Waals surface area contributed by atoms with Gasteiger partial charge in [-0.3, -0.25) is 14.9 Å². The Bertz CT molecular complexity index is 674. The summed E-state index contributed by atoms with van der Waals surface area (Å²) in [5.41, 5.74) is -2.17. The van der Waals surface area contributed by atoms with E-state index in [0.717, 1.165) is 12.1 Å². The van der Waals surface area contributed by atoms with E-state index in [1.54, 1.807) is 20.8 Å². The number of nitrogens with one attached hydrogen (secondary N) is 2. The molecule has 0 saturated carbocycles. The zero-order valence-electron chi connectivity index (χ0n) is 14.7. The Morgan fingerprint density at radius 2 is 1.85 bits per heavy atom. The molecule has 0 atom stereocenters. The number of ether oxygens (including phenoxy) is 1. The van der Waals surface area contributed by atoms with Crippen LogP contribution in [0.2, 0.25) is 0 Å². The number of carbonyl (C=O) groups excluding carboxylic acids is 2. The molecule has 144 valence electrons. The molecule has 0 unspecified atom stereocenters. The van der Waals surface area contributed by atoms with Gasteiger partial charge in [-0.25, -0.2) is 13.6 Å². The summed E-state index contributed by atoms with van der Waals surface area (Å²) < 4.78 is 31.1. The highest BCUT2D eigenvalue weighted by molar-refractivity contribution is 5.96. The van der Waals surface area contributed by atoms with Crippen LogP contribution >= 0.6 is 0 Å². The molecule has 0 radical (unpaired) electrons. The van der Waals surface area contributed by atoms with Crippen LogP contribution in [0.3, 0.4) is 0 Å². The SMILES string of the molecule is CC(C)(C)OC(=O)NCCCNC(=O)c1ccc([N+](=O)[O-])cc1C(F)F. The van der Waals surface area contributed by atoms with Crippen LogP contribution in [0.15, 0.2) is 18.2 Å². The van der Waals surface area contributed by atoms with E-state index >= 15 is 0 Å². The van der Waals surface area contributed by atoms with Gasteiger partial charge in [0.15, 0.2) is 0 Å². The summed E-state index contributed by atoms with van der Waals surface area (Å²) in [5.74, 6) is -0.771. The van der Waals surface area contributed by atoms with Crippen molar-refractivity contribution in [1.82, 2.24) is 10.6 Å². The third-order valence-electron chi connectivity index (χ3n) is 3.03. The molecular formula is C16H21F2N3O5. The zero-order chi connectivity index (χ0) is 19.9. The van der Waals surface area contributed by atoms with Gasteiger partial charge in [0.1, 0.15) is 5.60 Å². The summed E-state index contributed by atoms with van der Waals surface area (Å²) in [5, 5.41) is 15.6. The van der Waals surface area contributed by atoms with E-state index in [4.69, 9.17) is 4.74 Å². The van der Waals surface area contributed by atoms with Crippen molar-refractivity contribution in [3.05, 3.63) is 39.4 Å². The van der Waals surface area contributed by atoms with Crippen molar-refractivity contribution < 1.29 is 28.0 Å². The Kier molecular flexibility index (Phi) is 7.41. The molecule has 0 aliphatic carbocycles. The molecule has 26 heavy (non-hydrogen) atoms. The normalized spacial score (nSPS) is 11.2. The molecule has 0 aliphatic heterocycles. The average molecular weight is 373 g/mol. The second-order valence-electron chi connectivity index (χ2n) is 6.37. The molecule has 0 bridgehead atoms. The molecule has 10 heteroatoms. The summed E-state index contributed by atoms with van der Waals surface area (Å²) in [6.45, 7) is 5.50. The fourth-order valence-electron chi connectivity index (χ4n) is 1.94. The van der Waals surface area contributed by atoms with Gasteiger partial charge >= 0.3 is 6.09 Å². The standard InChI is InChI=1S/C16H21F2N3O5/c1-16(2,3)26-15(23)20-8-4-7-19-14(22)11-6-5-10(21(24)25)9-12(11)13(17)18/h5-6,9,13H,4,7-8H2,1-3H3,(H,19,22)(H,20,23). The van der Waals surface area contributed by atoms with Gasteiger partial charge in [-0.15, -0.1) is 0 Å². The number of benzene rings is 1. The van der Waals surface area contributed by atoms with Gasteiger partial charge in [-0.05, 0) is 33.3 Å². The lowest BCUT2D eigenvalue weighted by Crippen LogP contribution is -2.34. The number of rotatable bonds is 7. The third-order valence-corrected chi connectivity index (χ3v) is 3.03. The molecular weight excluding hydrogens is 352 g/mol. The minimum Gasteiger partial charge on any atom is -0.444 e. The monoisotopic (exact) mass is 373 g/mol. The first-order valence-corrected chi connectivity index (χ1v) is 7.83. The average Bonchev–Trinajstić information content (AvgIpc) is 2.51. The Labute approximate surface area is 149 Å². The molecule has 0 aromatic heterocycles.